The molecule has 1 aliphatic rings. The molecule has 6 nitrogen and oxygen atoms in total. The minimum Gasteiger partial charge on any atom is -0.484 e. The second-order valence-electron chi connectivity index (χ2n) is 9.23. The maximum Gasteiger partial charge on any atom is 0.257 e. The van der Waals surface area contributed by atoms with Gasteiger partial charge >= 0.3 is 0 Å². The van der Waals surface area contributed by atoms with Crippen LogP contribution in [0.5, 0.6) is 5.75 Å². The molecule has 37 heavy (non-hydrogen) atoms. The Hall–Kier alpha value is -3.35. The summed E-state index contributed by atoms with van der Waals surface area (Å²) in [7, 11) is 0. The summed E-state index contributed by atoms with van der Waals surface area (Å²) >= 11 is 5.98. The molecule has 3 aromatic rings. The Bertz CT molecular complexity index is 1180. The van der Waals surface area contributed by atoms with Gasteiger partial charge in [0, 0.05) is 36.8 Å². The van der Waals surface area contributed by atoms with Gasteiger partial charge in [-0.1, -0.05) is 59.2 Å². The largest absolute Gasteiger partial charge is 0.484 e. The van der Waals surface area contributed by atoms with Crippen molar-refractivity contribution in [1.29, 1.82) is 0 Å². The number of halogens is 1. The number of ether oxygens (including phenoxy) is 2. The normalized spacial score (nSPS) is 14.3. The van der Waals surface area contributed by atoms with E-state index in [0.717, 1.165) is 54.0 Å². The van der Waals surface area contributed by atoms with Gasteiger partial charge in [0.05, 0.1) is 5.71 Å². The third kappa shape index (κ3) is 8.62. The first-order valence-electron chi connectivity index (χ1n) is 12.6. The molecule has 1 aliphatic heterocycles. The van der Waals surface area contributed by atoms with Crippen molar-refractivity contribution in [2.24, 2.45) is 11.1 Å². The SMILES string of the molecule is Cc1cc(/C(Cc2ccccc2)=N/OCc2ccc(Cl)cc2)ccc1OCC(=O)NCC1CCOCC1. The van der Waals surface area contributed by atoms with Crippen LogP contribution < -0.4 is 10.1 Å². The summed E-state index contributed by atoms with van der Waals surface area (Å²) in [5.41, 5.74) is 4.80. The highest BCUT2D eigenvalue weighted by atomic mass is 35.5. The Morgan fingerprint density at radius 3 is 2.51 bits per heavy atom. The molecule has 0 aromatic heterocycles. The fraction of sp³-hybridized carbons (Fsp3) is 0.333. The quantitative estimate of drug-likeness (QED) is 0.259. The van der Waals surface area contributed by atoms with Crippen LogP contribution in [-0.2, 0) is 27.4 Å². The third-order valence-corrected chi connectivity index (χ3v) is 6.58. The van der Waals surface area contributed by atoms with E-state index in [0.29, 0.717) is 36.3 Å². The van der Waals surface area contributed by atoms with E-state index in [1.807, 2.05) is 67.6 Å². The van der Waals surface area contributed by atoms with Gasteiger partial charge < -0.3 is 19.6 Å². The first kappa shape index (κ1) is 26.7. The molecule has 0 atom stereocenters. The second kappa shape index (κ2) is 13.8. The first-order chi connectivity index (χ1) is 18.1. The molecular formula is C30H33ClN2O4. The van der Waals surface area contributed by atoms with Gasteiger partial charge in [-0.3, -0.25) is 4.79 Å². The van der Waals surface area contributed by atoms with Gasteiger partial charge in [0.1, 0.15) is 12.4 Å². The number of rotatable bonds is 11. The Morgan fingerprint density at radius 1 is 1.03 bits per heavy atom. The van der Waals surface area contributed by atoms with E-state index < -0.39 is 0 Å². The fourth-order valence-corrected chi connectivity index (χ4v) is 4.26. The molecule has 0 aliphatic carbocycles. The van der Waals surface area contributed by atoms with Crippen molar-refractivity contribution in [3.63, 3.8) is 0 Å². The highest BCUT2D eigenvalue weighted by Crippen LogP contribution is 2.21. The number of hydrogen-bond acceptors (Lipinski definition) is 5. The van der Waals surface area contributed by atoms with E-state index in [4.69, 9.17) is 25.9 Å². The van der Waals surface area contributed by atoms with E-state index in [-0.39, 0.29) is 12.5 Å². The third-order valence-electron chi connectivity index (χ3n) is 6.33. The number of carbonyl (C=O) groups excluding carboxylic acids is 1. The minimum atomic E-state index is -0.114. The predicted molar refractivity (Wildman–Crippen MR) is 146 cm³/mol. The summed E-state index contributed by atoms with van der Waals surface area (Å²) in [4.78, 5) is 18.0. The van der Waals surface area contributed by atoms with Gasteiger partial charge in [-0.15, -0.1) is 0 Å². The van der Waals surface area contributed by atoms with E-state index in [9.17, 15) is 4.79 Å². The zero-order valence-corrected chi connectivity index (χ0v) is 21.9. The van der Waals surface area contributed by atoms with E-state index in [1.54, 1.807) is 0 Å². The Balaban J connectivity index is 1.38. The molecule has 0 radical (unpaired) electrons. The molecule has 7 heteroatoms. The maximum absolute atomic E-state index is 12.3. The number of nitrogens with zero attached hydrogens (tertiary/aromatic N) is 1. The standard InChI is InChI=1S/C30H33ClN2O4/c1-22-17-26(9-12-29(22)36-21-30(34)32-19-24-13-15-35-16-14-24)28(18-23-5-3-2-4-6-23)33-37-20-25-7-10-27(31)11-8-25/h2-12,17,24H,13-16,18-21H2,1H3,(H,32,34)/b33-28+. The van der Waals surface area contributed by atoms with Crippen molar-refractivity contribution in [3.05, 3.63) is 100 Å². The lowest BCUT2D eigenvalue weighted by Crippen LogP contribution is -2.35. The molecule has 1 amide bonds. The monoisotopic (exact) mass is 520 g/mol. The first-order valence-corrected chi connectivity index (χ1v) is 13.0. The topological polar surface area (TPSA) is 69.2 Å². The molecule has 0 saturated carbocycles. The number of aryl methyl sites for hydroxylation is 1. The molecule has 194 valence electrons. The van der Waals surface area contributed by atoms with E-state index in [1.165, 1.54) is 0 Å². The summed E-state index contributed by atoms with van der Waals surface area (Å²) in [6.45, 7) is 4.50. The summed E-state index contributed by atoms with van der Waals surface area (Å²) in [5.74, 6) is 1.03. The molecule has 4 rings (SSSR count). The van der Waals surface area contributed by atoms with Gasteiger partial charge in [0.2, 0.25) is 0 Å². The molecule has 0 bridgehead atoms. The van der Waals surface area contributed by atoms with Crippen LogP contribution in [0.25, 0.3) is 0 Å². The number of benzene rings is 3. The molecule has 1 N–H and O–H groups in total. The average molecular weight is 521 g/mol. The van der Waals surface area contributed by atoms with Crippen LogP contribution in [0.15, 0.2) is 78.0 Å². The Morgan fingerprint density at radius 2 is 1.78 bits per heavy atom. The van der Waals surface area contributed by atoms with Crippen molar-refractivity contribution in [1.82, 2.24) is 5.32 Å². The maximum atomic E-state index is 12.3. The van der Waals surface area contributed by atoms with E-state index >= 15 is 0 Å². The fourth-order valence-electron chi connectivity index (χ4n) is 4.14. The highest BCUT2D eigenvalue weighted by Gasteiger charge is 2.15. The van der Waals surface area contributed by atoms with Crippen molar-refractivity contribution in [3.8, 4) is 5.75 Å². The molecule has 0 unspecified atom stereocenters. The van der Waals surface area contributed by atoms with Crippen molar-refractivity contribution >= 4 is 23.2 Å². The van der Waals surface area contributed by atoms with Gasteiger partial charge in [-0.25, -0.2) is 0 Å². The zero-order chi connectivity index (χ0) is 25.9. The lowest BCUT2D eigenvalue weighted by molar-refractivity contribution is -0.123. The molecule has 3 aromatic carbocycles. The van der Waals surface area contributed by atoms with Gasteiger partial charge in [-0.05, 0) is 72.7 Å². The zero-order valence-electron chi connectivity index (χ0n) is 21.1. The number of hydrogen-bond donors (Lipinski definition) is 1. The van der Waals surface area contributed by atoms with Gasteiger partial charge in [0.15, 0.2) is 6.61 Å². The number of amides is 1. The lowest BCUT2D eigenvalue weighted by atomic mass is 10.0. The van der Waals surface area contributed by atoms with Crippen molar-refractivity contribution < 1.29 is 19.1 Å². The van der Waals surface area contributed by atoms with Crippen molar-refractivity contribution in [2.45, 2.75) is 32.8 Å². The van der Waals surface area contributed by atoms with Crippen molar-refractivity contribution in [2.75, 3.05) is 26.4 Å². The second-order valence-corrected chi connectivity index (χ2v) is 9.67. The lowest BCUT2D eigenvalue weighted by Gasteiger charge is -2.22. The molecule has 1 fully saturated rings. The van der Waals surface area contributed by atoms with Crippen LogP contribution in [0.2, 0.25) is 5.02 Å². The number of nitrogens with one attached hydrogen (secondary N) is 1. The Kier molecular flexibility index (Phi) is 9.97. The van der Waals surface area contributed by atoms with Crippen LogP contribution in [0.1, 0.15) is 35.1 Å². The molecule has 0 spiro atoms. The number of oxime groups is 1. The summed E-state index contributed by atoms with van der Waals surface area (Å²) in [6, 6.07) is 23.5. The molecule has 1 heterocycles. The van der Waals surface area contributed by atoms with Crippen LogP contribution in [0, 0.1) is 12.8 Å². The smallest absolute Gasteiger partial charge is 0.257 e. The average Bonchev–Trinajstić information content (AvgIpc) is 2.93. The Labute approximate surface area is 223 Å². The summed E-state index contributed by atoms with van der Waals surface area (Å²) in [5, 5.41) is 8.15. The molecule has 1 saturated heterocycles. The van der Waals surface area contributed by atoms with Gasteiger partial charge in [-0.2, -0.15) is 0 Å². The van der Waals surface area contributed by atoms with Gasteiger partial charge in [0.25, 0.3) is 5.91 Å². The predicted octanol–water partition coefficient (Wildman–Crippen LogP) is 5.73. The van der Waals surface area contributed by atoms with Crippen LogP contribution in [0.3, 0.4) is 0 Å². The summed E-state index contributed by atoms with van der Waals surface area (Å²) < 4.78 is 11.2. The van der Waals surface area contributed by atoms with Crippen LogP contribution in [0.4, 0.5) is 0 Å². The van der Waals surface area contributed by atoms with E-state index in [2.05, 4.69) is 22.6 Å². The number of carbonyl (C=O) groups is 1. The minimum absolute atomic E-state index is 0.0153. The highest BCUT2D eigenvalue weighted by molar-refractivity contribution is 6.30. The molecular weight excluding hydrogens is 488 g/mol. The summed E-state index contributed by atoms with van der Waals surface area (Å²) in [6.07, 6.45) is 2.59. The van der Waals surface area contributed by atoms with Crippen LogP contribution >= 0.6 is 11.6 Å². The van der Waals surface area contributed by atoms with Crippen LogP contribution in [-0.4, -0.2) is 38.0 Å².